The van der Waals surface area contributed by atoms with E-state index in [-0.39, 0.29) is 6.04 Å². The lowest BCUT2D eigenvalue weighted by Crippen LogP contribution is -2.24. The molecule has 0 bridgehead atoms. The van der Waals surface area contributed by atoms with Gasteiger partial charge in [0.05, 0.1) is 21.5 Å². The maximum atomic E-state index is 13.8. The van der Waals surface area contributed by atoms with Crippen LogP contribution in [0.25, 0.3) is 20.8 Å². The van der Waals surface area contributed by atoms with Crippen molar-refractivity contribution in [1.29, 1.82) is 0 Å². The molecule has 1 aromatic carbocycles. The molecule has 2 heterocycles. The van der Waals surface area contributed by atoms with Crippen molar-refractivity contribution < 1.29 is 8.78 Å². The molecule has 0 amide bonds. The molecule has 8 heteroatoms. The number of rotatable bonds is 6. The van der Waals surface area contributed by atoms with E-state index in [1.807, 2.05) is 38.1 Å². The molecule has 1 fully saturated rings. The van der Waals surface area contributed by atoms with Crippen LogP contribution in [-0.4, -0.2) is 33.5 Å². The molecule has 1 saturated carbocycles. The third-order valence-electron chi connectivity index (χ3n) is 5.42. The van der Waals surface area contributed by atoms with Crippen LogP contribution in [0.2, 0.25) is 0 Å². The van der Waals surface area contributed by atoms with Gasteiger partial charge >= 0.3 is 0 Å². The molecule has 2 N–H and O–H groups in total. The molecule has 0 spiro atoms. The Kier molecular flexibility index (Phi) is 5.38. The molecule has 1 unspecified atom stereocenters. The first-order valence-corrected chi connectivity index (χ1v) is 10.8. The summed E-state index contributed by atoms with van der Waals surface area (Å²) >= 11 is 1.59. The number of halogens is 2. The fourth-order valence-corrected chi connectivity index (χ4v) is 4.98. The first-order valence-electron chi connectivity index (χ1n) is 9.98. The molecule has 0 saturated heterocycles. The second-order valence-electron chi connectivity index (χ2n) is 7.68. The average molecular weight is 418 g/mol. The number of fused-ring (bicyclic) bond motifs is 1. The molecule has 1 aliphatic carbocycles. The molecule has 5 nitrogen and oxygen atoms in total. The van der Waals surface area contributed by atoms with Crippen LogP contribution in [0.5, 0.6) is 0 Å². The minimum Gasteiger partial charge on any atom is -0.367 e. The van der Waals surface area contributed by atoms with Gasteiger partial charge in [-0.2, -0.15) is 4.98 Å². The van der Waals surface area contributed by atoms with Crippen LogP contribution in [0.15, 0.2) is 24.3 Å². The molecule has 1 aliphatic rings. The first kappa shape index (κ1) is 19.9. The highest BCUT2D eigenvalue weighted by atomic mass is 32.1. The highest BCUT2D eigenvalue weighted by Gasteiger charge is 2.40. The smallest absolute Gasteiger partial charge is 0.248 e. The van der Waals surface area contributed by atoms with Crippen LogP contribution in [0.4, 0.5) is 20.5 Å². The summed E-state index contributed by atoms with van der Waals surface area (Å²) in [6.45, 7) is 5.64. The Morgan fingerprint density at radius 2 is 1.97 bits per heavy atom. The zero-order valence-corrected chi connectivity index (χ0v) is 17.6. The van der Waals surface area contributed by atoms with Crippen LogP contribution < -0.4 is 10.6 Å². The lowest BCUT2D eigenvalue weighted by Gasteiger charge is -2.20. The Balaban J connectivity index is 1.71. The van der Waals surface area contributed by atoms with Gasteiger partial charge in [0.25, 0.3) is 0 Å². The average Bonchev–Trinajstić information content (AvgIpc) is 3.28. The minimum absolute atomic E-state index is 0.0391. The molecule has 2 aromatic heterocycles. The number of anilines is 2. The van der Waals surface area contributed by atoms with E-state index < -0.39 is 11.8 Å². The van der Waals surface area contributed by atoms with Gasteiger partial charge in [0.15, 0.2) is 0 Å². The maximum absolute atomic E-state index is 13.8. The van der Waals surface area contributed by atoms with Crippen molar-refractivity contribution in [3.05, 3.63) is 30.0 Å². The summed E-state index contributed by atoms with van der Waals surface area (Å²) < 4.78 is 28.6. The van der Waals surface area contributed by atoms with Crippen molar-refractivity contribution >= 4 is 33.3 Å². The summed E-state index contributed by atoms with van der Waals surface area (Å²) in [4.78, 5) is 14.0. The maximum Gasteiger partial charge on any atom is 0.248 e. The summed E-state index contributed by atoms with van der Waals surface area (Å²) in [7, 11) is 0. The fraction of sp³-hybridized carbons (Fsp3) is 0.476. The number of thiazole rings is 1. The number of hydrogen-bond donors (Lipinski definition) is 2. The number of hydrogen-bond acceptors (Lipinski definition) is 6. The number of benzene rings is 1. The molecular weight excluding hydrogens is 392 g/mol. The van der Waals surface area contributed by atoms with Crippen LogP contribution in [0, 0.1) is 12.8 Å². The van der Waals surface area contributed by atoms with Crippen molar-refractivity contribution in [2.45, 2.75) is 52.0 Å². The van der Waals surface area contributed by atoms with Gasteiger partial charge in [0.2, 0.25) is 11.9 Å². The topological polar surface area (TPSA) is 62.7 Å². The molecule has 29 heavy (non-hydrogen) atoms. The summed E-state index contributed by atoms with van der Waals surface area (Å²) in [5.74, 6) is -2.05. The SMILES string of the molecule is CCNc1nc(C)c(-c2nc3ccccc3s2)c(N[C@H]2CCC(C(C)(F)F)C2)n1. The van der Waals surface area contributed by atoms with Crippen LogP contribution in [0.3, 0.4) is 0 Å². The van der Waals surface area contributed by atoms with E-state index in [1.165, 1.54) is 0 Å². The van der Waals surface area contributed by atoms with Crippen molar-refractivity contribution in [2.75, 3.05) is 17.2 Å². The summed E-state index contributed by atoms with van der Waals surface area (Å²) in [5, 5.41) is 7.43. The molecule has 0 radical (unpaired) electrons. The molecule has 0 aliphatic heterocycles. The zero-order valence-electron chi connectivity index (χ0n) is 16.8. The van der Waals surface area contributed by atoms with Gasteiger partial charge in [-0.1, -0.05) is 12.1 Å². The molecule has 4 rings (SSSR count). The number of alkyl halides is 2. The van der Waals surface area contributed by atoms with Gasteiger partial charge < -0.3 is 10.6 Å². The molecule has 154 valence electrons. The quantitative estimate of drug-likeness (QED) is 0.536. The Bertz CT molecular complexity index is 981. The molecular formula is C21H25F2N5S. The largest absolute Gasteiger partial charge is 0.367 e. The second-order valence-corrected chi connectivity index (χ2v) is 8.71. The minimum atomic E-state index is -2.65. The van der Waals surface area contributed by atoms with Gasteiger partial charge in [-0.3, -0.25) is 0 Å². The number of aryl methyl sites for hydroxylation is 1. The third-order valence-corrected chi connectivity index (χ3v) is 6.48. The van der Waals surface area contributed by atoms with Crippen LogP contribution in [-0.2, 0) is 0 Å². The van der Waals surface area contributed by atoms with Gasteiger partial charge in [-0.05, 0) is 52.2 Å². The van der Waals surface area contributed by atoms with E-state index in [0.717, 1.165) is 33.4 Å². The lowest BCUT2D eigenvalue weighted by molar-refractivity contribution is -0.0369. The zero-order chi connectivity index (χ0) is 20.6. The Morgan fingerprint density at radius 3 is 2.66 bits per heavy atom. The van der Waals surface area contributed by atoms with E-state index in [1.54, 1.807) is 11.3 Å². The van der Waals surface area contributed by atoms with Gasteiger partial charge in [0.1, 0.15) is 10.8 Å². The lowest BCUT2D eigenvalue weighted by atomic mass is 10.0. The van der Waals surface area contributed by atoms with Crippen LogP contribution >= 0.6 is 11.3 Å². The van der Waals surface area contributed by atoms with Crippen molar-refractivity contribution in [3.63, 3.8) is 0 Å². The van der Waals surface area contributed by atoms with Crippen molar-refractivity contribution in [3.8, 4) is 10.6 Å². The van der Waals surface area contributed by atoms with E-state index in [0.29, 0.717) is 37.6 Å². The number of nitrogens with one attached hydrogen (secondary N) is 2. The van der Waals surface area contributed by atoms with Crippen molar-refractivity contribution in [2.24, 2.45) is 5.92 Å². The van der Waals surface area contributed by atoms with E-state index >= 15 is 0 Å². The Morgan fingerprint density at radius 1 is 1.17 bits per heavy atom. The van der Waals surface area contributed by atoms with E-state index in [2.05, 4.69) is 20.6 Å². The Hall–Kier alpha value is -2.35. The third kappa shape index (κ3) is 4.17. The molecule has 3 aromatic rings. The summed E-state index contributed by atoms with van der Waals surface area (Å²) in [6, 6.07) is 7.94. The van der Waals surface area contributed by atoms with Gasteiger partial charge in [-0.15, -0.1) is 11.3 Å². The van der Waals surface area contributed by atoms with Gasteiger partial charge in [0, 0.05) is 18.5 Å². The highest BCUT2D eigenvalue weighted by molar-refractivity contribution is 7.21. The van der Waals surface area contributed by atoms with E-state index in [9.17, 15) is 8.78 Å². The standard InChI is InChI=1S/C21H25F2N5S/c1-4-24-20-25-12(2)17(19-27-15-7-5-6-8-16(15)29-19)18(28-20)26-14-10-9-13(11-14)21(3,22)23/h5-8,13-14H,4,9-11H2,1-3H3,(H2,24,25,26,28)/t13?,14-/m0/s1. The summed E-state index contributed by atoms with van der Waals surface area (Å²) in [5.41, 5.74) is 2.59. The normalized spacial score (nSPS) is 19.6. The monoisotopic (exact) mass is 417 g/mol. The second kappa shape index (κ2) is 7.82. The van der Waals surface area contributed by atoms with Gasteiger partial charge in [-0.25, -0.2) is 18.7 Å². The fourth-order valence-electron chi connectivity index (χ4n) is 3.92. The Labute approximate surface area is 173 Å². The predicted molar refractivity (Wildman–Crippen MR) is 115 cm³/mol. The predicted octanol–water partition coefficient (Wildman–Crippen LogP) is 5.73. The highest BCUT2D eigenvalue weighted by Crippen LogP contribution is 2.41. The van der Waals surface area contributed by atoms with E-state index in [4.69, 9.17) is 4.98 Å². The van der Waals surface area contributed by atoms with Crippen molar-refractivity contribution in [1.82, 2.24) is 15.0 Å². The first-order chi connectivity index (χ1) is 13.8. The van der Waals surface area contributed by atoms with Crippen LogP contribution in [0.1, 0.15) is 38.8 Å². The number of aromatic nitrogens is 3. The number of para-hydroxylation sites is 1. The number of nitrogens with zero attached hydrogens (tertiary/aromatic N) is 3. The molecule has 2 atom stereocenters. The summed E-state index contributed by atoms with van der Waals surface area (Å²) in [6.07, 6.45) is 1.65.